The Balaban J connectivity index is 2.21. The Hall–Kier alpha value is -1.43. The maximum absolute atomic E-state index is 5.75. The second kappa shape index (κ2) is 5.48. The monoisotopic (exact) mass is 251 g/mol. The summed E-state index contributed by atoms with van der Waals surface area (Å²) in [6.07, 6.45) is 2.19. The largest absolute Gasteiger partial charge is 0.372 e. The van der Waals surface area contributed by atoms with E-state index in [1.54, 1.807) is 0 Å². The smallest absolute Gasteiger partial charge is 0.230 e. The average Bonchev–Trinajstić information content (AvgIpc) is 2.27. The fourth-order valence-electron chi connectivity index (χ4n) is 2.24. The first kappa shape index (κ1) is 13.0. The number of rotatable bonds is 3. The lowest BCUT2D eigenvalue weighted by atomic mass is 10.2. The summed E-state index contributed by atoms with van der Waals surface area (Å²) in [6.45, 7) is 7.79. The number of morpholine rings is 1. The average molecular weight is 251 g/mol. The highest BCUT2D eigenvalue weighted by atomic mass is 16.5. The molecule has 1 aromatic rings. The number of hydrogen-bond acceptors (Lipinski definition) is 6. The van der Waals surface area contributed by atoms with Gasteiger partial charge in [-0.3, -0.25) is 0 Å². The van der Waals surface area contributed by atoms with Crippen molar-refractivity contribution < 1.29 is 4.74 Å². The van der Waals surface area contributed by atoms with Crippen LogP contribution in [0.3, 0.4) is 0 Å². The SMILES string of the molecule is CCCc1nc(N)nc(N2C[C@@H](C)O[C@@H](C)C2)n1. The molecule has 100 valence electrons. The number of aromatic nitrogens is 3. The second-order valence-electron chi connectivity index (χ2n) is 4.82. The van der Waals surface area contributed by atoms with Gasteiger partial charge in [-0.15, -0.1) is 0 Å². The van der Waals surface area contributed by atoms with Gasteiger partial charge in [-0.1, -0.05) is 6.92 Å². The van der Waals surface area contributed by atoms with Crippen LogP contribution < -0.4 is 10.6 Å². The lowest BCUT2D eigenvalue weighted by Crippen LogP contribution is -2.46. The van der Waals surface area contributed by atoms with Gasteiger partial charge in [-0.25, -0.2) is 0 Å². The number of nitrogens with two attached hydrogens (primary N) is 1. The van der Waals surface area contributed by atoms with Gasteiger partial charge in [0.15, 0.2) is 0 Å². The van der Waals surface area contributed by atoms with Crippen molar-refractivity contribution in [3.63, 3.8) is 0 Å². The molecule has 2 atom stereocenters. The van der Waals surface area contributed by atoms with Gasteiger partial charge in [-0.2, -0.15) is 15.0 Å². The molecule has 0 aromatic carbocycles. The maximum atomic E-state index is 5.75. The van der Waals surface area contributed by atoms with Crippen LogP contribution in [0.1, 0.15) is 33.0 Å². The molecule has 1 aliphatic rings. The van der Waals surface area contributed by atoms with Crippen LogP contribution in [-0.2, 0) is 11.2 Å². The minimum atomic E-state index is 0.182. The highest BCUT2D eigenvalue weighted by molar-refractivity contribution is 5.35. The summed E-state index contributed by atoms with van der Waals surface area (Å²) >= 11 is 0. The van der Waals surface area contributed by atoms with E-state index in [1.165, 1.54) is 0 Å². The van der Waals surface area contributed by atoms with Crippen LogP contribution in [-0.4, -0.2) is 40.2 Å². The molecule has 6 heteroatoms. The Kier molecular flexibility index (Phi) is 3.96. The van der Waals surface area contributed by atoms with E-state index in [2.05, 4.69) is 40.6 Å². The topological polar surface area (TPSA) is 77.2 Å². The normalized spacial score (nSPS) is 24.3. The zero-order chi connectivity index (χ0) is 13.1. The van der Waals surface area contributed by atoms with E-state index < -0.39 is 0 Å². The van der Waals surface area contributed by atoms with Crippen LogP contribution in [0, 0.1) is 0 Å². The van der Waals surface area contributed by atoms with E-state index in [1.807, 2.05) is 0 Å². The Morgan fingerprint density at radius 2 is 1.89 bits per heavy atom. The minimum Gasteiger partial charge on any atom is -0.372 e. The van der Waals surface area contributed by atoms with Crippen molar-refractivity contribution in [3.05, 3.63) is 5.82 Å². The van der Waals surface area contributed by atoms with Crippen molar-refractivity contribution in [1.29, 1.82) is 0 Å². The molecule has 0 amide bonds. The molecule has 2 rings (SSSR count). The molecule has 0 bridgehead atoms. The summed E-state index contributed by atoms with van der Waals surface area (Å²) < 4.78 is 5.70. The number of ether oxygens (including phenoxy) is 1. The summed E-state index contributed by atoms with van der Waals surface area (Å²) in [7, 11) is 0. The Morgan fingerprint density at radius 3 is 2.50 bits per heavy atom. The van der Waals surface area contributed by atoms with Crippen LogP contribution in [0.4, 0.5) is 11.9 Å². The molecule has 0 spiro atoms. The molecule has 2 N–H and O–H groups in total. The molecule has 0 aliphatic carbocycles. The van der Waals surface area contributed by atoms with Gasteiger partial charge in [0.1, 0.15) is 5.82 Å². The molecule has 0 radical (unpaired) electrons. The molecular weight excluding hydrogens is 230 g/mol. The maximum Gasteiger partial charge on any atom is 0.230 e. The number of nitrogens with zero attached hydrogens (tertiary/aromatic N) is 4. The van der Waals surface area contributed by atoms with Crippen molar-refractivity contribution in [2.24, 2.45) is 0 Å². The van der Waals surface area contributed by atoms with E-state index in [4.69, 9.17) is 10.5 Å². The number of anilines is 2. The van der Waals surface area contributed by atoms with E-state index in [9.17, 15) is 0 Å². The molecular formula is C12H21N5O. The number of hydrogen-bond donors (Lipinski definition) is 1. The van der Waals surface area contributed by atoms with Gasteiger partial charge in [0, 0.05) is 19.5 Å². The van der Waals surface area contributed by atoms with Crippen LogP contribution in [0.2, 0.25) is 0 Å². The predicted octanol–water partition coefficient (Wildman–Crippen LogP) is 1.02. The highest BCUT2D eigenvalue weighted by Crippen LogP contribution is 2.17. The summed E-state index contributed by atoms with van der Waals surface area (Å²) in [5, 5.41) is 0. The summed E-state index contributed by atoms with van der Waals surface area (Å²) in [4.78, 5) is 15.0. The Morgan fingerprint density at radius 1 is 1.22 bits per heavy atom. The molecule has 1 aromatic heterocycles. The molecule has 1 aliphatic heterocycles. The van der Waals surface area contributed by atoms with Gasteiger partial charge in [0.05, 0.1) is 12.2 Å². The van der Waals surface area contributed by atoms with Crippen LogP contribution in [0.25, 0.3) is 0 Å². The Labute approximate surface area is 108 Å². The first-order chi connectivity index (χ1) is 8.58. The highest BCUT2D eigenvalue weighted by Gasteiger charge is 2.24. The molecule has 18 heavy (non-hydrogen) atoms. The molecule has 6 nitrogen and oxygen atoms in total. The molecule has 0 unspecified atom stereocenters. The summed E-state index contributed by atoms with van der Waals surface area (Å²) in [5.41, 5.74) is 5.75. The third-order valence-corrected chi connectivity index (χ3v) is 2.86. The zero-order valence-electron chi connectivity index (χ0n) is 11.3. The third kappa shape index (κ3) is 3.07. The molecule has 0 saturated carbocycles. The van der Waals surface area contributed by atoms with E-state index >= 15 is 0 Å². The fraction of sp³-hybridized carbons (Fsp3) is 0.750. The van der Waals surface area contributed by atoms with Crippen LogP contribution in [0.15, 0.2) is 0 Å². The van der Waals surface area contributed by atoms with E-state index in [0.29, 0.717) is 11.9 Å². The fourth-order valence-corrected chi connectivity index (χ4v) is 2.24. The van der Waals surface area contributed by atoms with Crippen LogP contribution in [0.5, 0.6) is 0 Å². The summed E-state index contributed by atoms with van der Waals surface area (Å²) in [5.74, 6) is 1.75. The predicted molar refractivity (Wildman–Crippen MR) is 70.5 cm³/mol. The van der Waals surface area contributed by atoms with Crippen molar-refractivity contribution in [2.75, 3.05) is 23.7 Å². The lowest BCUT2D eigenvalue weighted by molar-refractivity contribution is -0.00574. The minimum absolute atomic E-state index is 0.182. The quantitative estimate of drug-likeness (QED) is 0.864. The van der Waals surface area contributed by atoms with Gasteiger partial charge in [0.2, 0.25) is 11.9 Å². The van der Waals surface area contributed by atoms with Crippen LogP contribution >= 0.6 is 0 Å². The van der Waals surface area contributed by atoms with Gasteiger partial charge in [0.25, 0.3) is 0 Å². The second-order valence-corrected chi connectivity index (χ2v) is 4.82. The van der Waals surface area contributed by atoms with Crippen molar-refractivity contribution in [2.45, 2.75) is 45.8 Å². The van der Waals surface area contributed by atoms with Gasteiger partial charge >= 0.3 is 0 Å². The van der Waals surface area contributed by atoms with Gasteiger partial charge < -0.3 is 15.4 Å². The van der Waals surface area contributed by atoms with Crippen molar-refractivity contribution in [3.8, 4) is 0 Å². The van der Waals surface area contributed by atoms with Crippen molar-refractivity contribution >= 4 is 11.9 Å². The first-order valence-corrected chi connectivity index (χ1v) is 6.49. The van der Waals surface area contributed by atoms with Crippen molar-refractivity contribution in [1.82, 2.24) is 15.0 Å². The lowest BCUT2D eigenvalue weighted by Gasteiger charge is -2.35. The Bertz CT molecular complexity index is 401. The standard InChI is InChI=1S/C12H21N5O/c1-4-5-10-14-11(13)16-12(15-10)17-6-8(2)18-9(3)7-17/h8-9H,4-7H2,1-3H3,(H2,13,14,15,16)/t8-,9+. The molecule has 1 fully saturated rings. The van der Waals surface area contributed by atoms with Gasteiger partial charge in [-0.05, 0) is 20.3 Å². The molecule has 2 heterocycles. The first-order valence-electron chi connectivity index (χ1n) is 6.49. The summed E-state index contributed by atoms with van der Waals surface area (Å²) in [6, 6.07) is 0. The number of nitrogen functional groups attached to an aromatic ring is 1. The van der Waals surface area contributed by atoms with E-state index in [0.717, 1.165) is 31.8 Å². The number of aryl methyl sites for hydroxylation is 1. The van der Waals surface area contributed by atoms with E-state index in [-0.39, 0.29) is 12.2 Å². The third-order valence-electron chi connectivity index (χ3n) is 2.86. The molecule has 1 saturated heterocycles. The zero-order valence-corrected chi connectivity index (χ0v) is 11.3.